The summed E-state index contributed by atoms with van der Waals surface area (Å²) in [4.78, 5) is 10.3. The minimum absolute atomic E-state index is 0.0156. The van der Waals surface area contributed by atoms with E-state index in [1.54, 1.807) is 0 Å². The molecule has 5 nitrogen and oxygen atoms in total. The fourth-order valence-electron chi connectivity index (χ4n) is 0.635. The number of nitrogens with zero attached hydrogens (tertiary/aromatic N) is 1. The molecular formula is C6H7N3O2. The predicted molar refractivity (Wildman–Crippen MR) is 38.8 cm³/mol. The highest BCUT2D eigenvalue weighted by Crippen LogP contribution is 2.00. The fraction of sp³-hybridized carbons (Fsp3) is 0. The molecule has 5 heteroatoms. The maximum atomic E-state index is 10.3. The summed E-state index contributed by atoms with van der Waals surface area (Å²) in [6, 6.07) is 1.39. The molecule has 0 radical (unpaired) electrons. The summed E-state index contributed by atoms with van der Waals surface area (Å²) in [6.07, 6.45) is 2.83. The quantitative estimate of drug-likeness (QED) is 0.559. The zero-order valence-corrected chi connectivity index (χ0v) is 5.61. The molecule has 0 bridgehead atoms. The van der Waals surface area contributed by atoms with Crippen LogP contribution in [0.25, 0.3) is 6.08 Å². The summed E-state index contributed by atoms with van der Waals surface area (Å²) in [7, 11) is 0. The van der Waals surface area contributed by atoms with Crippen LogP contribution in [0.5, 0.6) is 0 Å². The Bertz CT molecular complexity index is 290. The van der Waals surface area contributed by atoms with Gasteiger partial charge in [-0.2, -0.15) is 5.10 Å². The van der Waals surface area contributed by atoms with Crippen molar-refractivity contribution in [3.05, 3.63) is 23.7 Å². The lowest BCUT2D eigenvalue weighted by Gasteiger charge is -1.78. The van der Waals surface area contributed by atoms with Gasteiger partial charge in [0, 0.05) is 0 Å². The zero-order chi connectivity index (χ0) is 8.27. The van der Waals surface area contributed by atoms with Crippen LogP contribution >= 0.6 is 0 Å². The monoisotopic (exact) mass is 153 g/mol. The normalized spacial score (nSPS) is 10.5. The lowest BCUT2D eigenvalue weighted by Crippen LogP contribution is -1.95. The van der Waals surface area contributed by atoms with Crippen LogP contribution in [0, 0.1) is 0 Å². The van der Waals surface area contributed by atoms with Crippen molar-refractivity contribution >= 4 is 12.0 Å². The molecule has 0 saturated heterocycles. The Morgan fingerprint density at radius 2 is 2.55 bits per heavy atom. The topological polar surface area (TPSA) is 92.0 Å². The maximum absolute atomic E-state index is 10.3. The lowest BCUT2D eigenvalue weighted by molar-refractivity contribution is 0.0690. The summed E-state index contributed by atoms with van der Waals surface area (Å²) < 4.78 is 0. The van der Waals surface area contributed by atoms with Crippen LogP contribution in [-0.4, -0.2) is 21.3 Å². The average Bonchev–Trinajstić information content (AvgIpc) is 2.37. The van der Waals surface area contributed by atoms with Gasteiger partial charge in [0.05, 0.1) is 5.69 Å². The second-order valence-electron chi connectivity index (χ2n) is 1.87. The zero-order valence-electron chi connectivity index (χ0n) is 5.61. The Balaban J connectivity index is 2.90. The molecular weight excluding hydrogens is 146 g/mol. The molecule has 0 unspecified atom stereocenters. The first-order chi connectivity index (χ1) is 5.24. The number of carbonyl (C=O) groups is 1. The van der Waals surface area contributed by atoms with Gasteiger partial charge in [0.1, 0.15) is 0 Å². The smallest absolute Gasteiger partial charge is 0.356 e. The number of aromatic carboxylic acids is 1. The molecule has 4 N–H and O–H groups in total. The number of hydrogen-bond donors (Lipinski definition) is 3. The second-order valence-corrected chi connectivity index (χ2v) is 1.87. The molecule has 0 aliphatic heterocycles. The molecule has 11 heavy (non-hydrogen) atoms. The van der Waals surface area contributed by atoms with Crippen LogP contribution in [0.4, 0.5) is 0 Å². The summed E-state index contributed by atoms with van der Waals surface area (Å²) in [6.45, 7) is 0. The van der Waals surface area contributed by atoms with Crippen LogP contribution in [0.3, 0.4) is 0 Å². The first-order valence-electron chi connectivity index (χ1n) is 2.91. The van der Waals surface area contributed by atoms with Gasteiger partial charge >= 0.3 is 5.97 Å². The van der Waals surface area contributed by atoms with Crippen molar-refractivity contribution in [3.63, 3.8) is 0 Å². The second kappa shape index (κ2) is 2.87. The van der Waals surface area contributed by atoms with Gasteiger partial charge in [-0.05, 0) is 18.3 Å². The number of aromatic amines is 1. The largest absolute Gasteiger partial charge is 0.476 e. The molecule has 1 heterocycles. The molecule has 58 valence electrons. The van der Waals surface area contributed by atoms with Crippen molar-refractivity contribution in [1.82, 2.24) is 10.2 Å². The van der Waals surface area contributed by atoms with Gasteiger partial charge in [-0.25, -0.2) is 4.79 Å². The molecule has 1 rings (SSSR count). The van der Waals surface area contributed by atoms with E-state index in [1.165, 1.54) is 18.3 Å². The third-order valence-corrected chi connectivity index (χ3v) is 1.09. The number of nitrogens with two attached hydrogens (primary N) is 1. The molecule has 1 aromatic rings. The van der Waals surface area contributed by atoms with E-state index in [4.69, 9.17) is 10.8 Å². The molecule has 0 atom stereocenters. The van der Waals surface area contributed by atoms with Crippen LogP contribution in [0.2, 0.25) is 0 Å². The third-order valence-electron chi connectivity index (χ3n) is 1.09. The Morgan fingerprint density at radius 1 is 1.82 bits per heavy atom. The van der Waals surface area contributed by atoms with E-state index < -0.39 is 5.97 Å². The van der Waals surface area contributed by atoms with E-state index in [-0.39, 0.29) is 5.69 Å². The van der Waals surface area contributed by atoms with Crippen LogP contribution < -0.4 is 5.73 Å². The number of aromatic nitrogens is 2. The molecule has 0 fully saturated rings. The molecule has 0 spiro atoms. The van der Waals surface area contributed by atoms with Crippen molar-refractivity contribution in [1.29, 1.82) is 0 Å². The van der Waals surface area contributed by atoms with E-state index in [2.05, 4.69) is 10.2 Å². The predicted octanol–water partition coefficient (Wildman–Crippen LogP) is 0.0373. The molecule has 0 amide bonds. The van der Waals surface area contributed by atoms with Crippen molar-refractivity contribution < 1.29 is 9.90 Å². The molecule has 0 aliphatic carbocycles. The van der Waals surface area contributed by atoms with Crippen molar-refractivity contribution in [2.75, 3.05) is 0 Å². The van der Waals surface area contributed by atoms with Crippen LogP contribution in [-0.2, 0) is 0 Å². The average molecular weight is 153 g/mol. The van der Waals surface area contributed by atoms with Gasteiger partial charge in [0.2, 0.25) is 0 Å². The number of nitrogens with one attached hydrogen (secondary N) is 1. The Morgan fingerprint density at radius 3 is 3.00 bits per heavy atom. The maximum Gasteiger partial charge on any atom is 0.356 e. The summed E-state index contributed by atoms with van der Waals surface area (Å²) in [5.41, 5.74) is 5.63. The van der Waals surface area contributed by atoms with Gasteiger partial charge in [-0.15, -0.1) is 0 Å². The Labute approximate surface area is 62.5 Å². The SMILES string of the molecule is N/C=C\c1cc(C(=O)O)n[nH]1. The summed E-state index contributed by atoms with van der Waals surface area (Å²) in [5.74, 6) is -1.06. The Kier molecular flexibility index (Phi) is 1.91. The van der Waals surface area contributed by atoms with E-state index in [0.29, 0.717) is 5.69 Å². The Hall–Kier alpha value is -1.78. The van der Waals surface area contributed by atoms with Crippen LogP contribution in [0.1, 0.15) is 16.2 Å². The van der Waals surface area contributed by atoms with Crippen LogP contribution in [0.15, 0.2) is 12.3 Å². The van der Waals surface area contributed by atoms with Gasteiger partial charge in [-0.3, -0.25) is 5.10 Å². The van der Waals surface area contributed by atoms with Gasteiger partial charge < -0.3 is 10.8 Å². The molecule has 0 aromatic carbocycles. The highest BCUT2D eigenvalue weighted by molar-refractivity contribution is 5.85. The van der Waals surface area contributed by atoms with Gasteiger partial charge in [0.15, 0.2) is 5.69 Å². The lowest BCUT2D eigenvalue weighted by atomic mass is 10.3. The minimum atomic E-state index is -1.06. The standard InChI is InChI=1S/C6H7N3O2/c7-2-1-4-3-5(6(10)11)9-8-4/h1-3H,7H2,(H,8,9)(H,10,11)/b2-1-. The highest BCUT2D eigenvalue weighted by Gasteiger charge is 2.05. The van der Waals surface area contributed by atoms with E-state index >= 15 is 0 Å². The highest BCUT2D eigenvalue weighted by atomic mass is 16.4. The number of H-pyrrole nitrogens is 1. The first-order valence-corrected chi connectivity index (χ1v) is 2.91. The van der Waals surface area contributed by atoms with Gasteiger partial charge in [0.25, 0.3) is 0 Å². The minimum Gasteiger partial charge on any atom is -0.476 e. The van der Waals surface area contributed by atoms with E-state index in [1.807, 2.05) is 0 Å². The first kappa shape index (κ1) is 7.33. The van der Waals surface area contributed by atoms with E-state index in [0.717, 1.165) is 0 Å². The molecule has 0 aliphatic rings. The summed E-state index contributed by atoms with van der Waals surface area (Å²) >= 11 is 0. The van der Waals surface area contributed by atoms with Crippen molar-refractivity contribution in [3.8, 4) is 0 Å². The van der Waals surface area contributed by atoms with Crippen molar-refractivity contribution in [2.45, 2.75) is 0 Å². The molecule has 0 saturated carbocycles. The van der Waals surface area contributed by atoms with Crippen molar-refractivity contribution in [2.24, 2.45) is 5.73 Å². The molecule has 1 aromatic heterocycles. The van der Waals surface area contributed by atoms with E-state index in [9.17, 15) is 4.79 Å². The number of carboxylic acids is 1. The third kappa shape index (κ3) is 1.57. The fourth-order valence-corrected chi connectivity index (χ4v) is 0.635. The van der Waals surface area contributed by atoms with Gasteiger partial charge in [-0.1, -0.05) is 0 Å². The number of hydrogen-bond acceptors (Lipinski definition) is 3. The number of rotatable bonds is 2. The summed E-state index contributed by atoms with van der Waals surface area (Å²) in [5, 5.41) is 14.4. The number of carboxylic acid groups (broad SMARTS) is 1.